The third-order valence-corrected chi connectivity index (χ3v) is 0. The fourth-order valence-corrected chi connectivity index (χ4v) is 0. The molecule has 0 aromatic rings. The molecule has 15 nitrogen and oxygen atoms in total. The van der Waals surface area contributed by atoms with Gasteiger partial charge in [-0.1, -0.05) is 0 Å². The van der Waals surface area contributed by atoms with Crippen LogP contribution in [0, 0.1) is 0 Å². The summed E-state index contributed by atoms with van der Waals surface area (Å²) in [6, 6.07) is 0. The molecule has 0 aliphatic rings. The van der Waals surface area contributed by atoms with Crippen molar-refractivity contribution in [2.75, 3.05) is 0 Å². The van der Waals surface area contributed by atoms with Gasteiger partial charge in [0.15, 0.2) is 0 Å². The van der Waals surface area contributed by atoms with Crippen LogP contribution in [0.5, 0.6) is 0 Å². The molecule has 0 saturated heterocycles. The van der Waals surface area contributed by atoms with Crippen molar-refractivity contribution in [2.24, 2.45) is 0 Å². The Morgan fingerprint density at radius 2 is 0.174 bits per heavy atom. The molecular weight excluding hydrogens is 1000 g/mol. The van der Waals surface area contributed by atoms with Crippen LogP contribution in [-0.2, 0) is 194 Å². The summed E-state index contributed by atoms with van der Waals surface area (Å²) >= 11 is 0. The predicted octanol–water partition coefficient (Wildman–Crippen LogP) is -5.55. The standard InChI is InChI=1S/2Ba.Na.5Nb.15O/q2*+2;+1;5*+5;15*-2. The van der Waals surface area contributed by atoms with Gasteiger partial charge in [-0.25, -0.2) is 0 Å². The van der Waals surface area contributed by atoms with Crippen LogP contribution in [0.2, 0.25) is 0 Å². The number of hydrogen-bond donors (Lipinski definition) is 0. The molecule has 23 heteroatoms. The Kier molecular flexibility index (Phi) is 9530. The van der Waals surface area contributed by atoms with E-state index in [9.17, 15) is 0 Å². The number of hydrogen-bond acceptors (Lipinski definition) is 0. The molecule has 0 bridgehead atoms. The Morgan fingerprint density at radius 3 is 0.174 bits per heavy atom. The maximum Gasteiger partial charge on any atom is 5.00 e. The maximum absolute atomic E-state index is 0. The fraction of sp³-hybridized carbons (Fsp3) is 0. The third kappa shape index (κ3) is 414. The van der Waals surface area contributed by atoms with E-state index in [4.69, 9.17) is 0 Å². The average molecular weight is 1000 g/mol. The summed E-state index contributed by atoms with van der Waals surface area (Å²) in [6.07, 6.45) is 0. The van der Waals surface area contributed by atoms with Crippen LogP contribution in [0.15, 0.2) is 0 Å². The molecule has 0 spiro atoms. The van der Waals surface area contributed by atoms with E-state index in [2.05, 4.69) is 0 Å². The zero-order chi connectivity index (χ0) is 0. The number of rotatable bonds is 0. The van der Waals surface area contributed by atoms with Crippen LogP contribution in [0.3, 0.4) is 0 Å². The van der Waals surface area contributed by atoms with Crippen LogP contribution in [0.25, 0.3) is 0 Å². The molecule has 0 fully saturated rings. The quantitative estimate of drug-likeness (QED) is 0.205. The monoisotopic (exact) mass is 1000 g/mol. The van der Waals surface area contributed by atoms with E-state index in [0.29, 0.717) is 0 Å². The van der Waals surface area contributed by atoms with Gasteiger partial charge in [-0.2, -0.15) is 0 Å². The molecular formula is Ba2NaNb5O15. The minimum atomic E-state index is 0. The minimum absolute atomic E-state index is 0. The van der Waals surface area contributed by atoms with E-state index < -0.39 is 0 Å². The van der Waals surface area contributed by atoms with E-state index in [0.717, 1.165) is 0 Å². The second-order valence-electron chi connectivity index (χ2n) is 0. The van der Waals surface area contributed by atoms with Crippen molar-refractivity contribution in [1.29, 1.82) is 0 Å². The van der Waals surface area contributed by atoms with Gasteiger partial charge in [-0.3, -0.25) is 0 Å². The van der Waals surface area contributed by atoms with E-state index >= 15 is 0 Å². The Labute approximate surface area is 313 Å². The van der Waals surface area contributed by atoms with Gasteiger partial charge in [0, 0.05) is 0 Å². The fourth-order valence-electron chi connectivity index (χ4n) is 0. The summed E-state index contributed by atoms with van der Waals surface area (Å²) in [6.45, 7) is 0. The molecule has 0 rings (SSSR count). The molecule has 0 aliphatic carbocycles. The van der Waals surface area contributed by atoms with Gasteiger partial charge in [0.2, 0.25) is 0 Å². The summed E-state index contributed by atoms with van der Waals surface area (Å²) in [5.74, 6) is 0. The predicted molar refractivity (Wildman–Crippen MR) is 21.8 cm³/mol. The largest absolute Gasteiger partial charge is 5.00 e. The van der Waals surface area contributed by atoms with Crippen molar-refractivity contribution in [2.45, 2.75) is 0 Å². The maximum atomic E-state index is 0. The third-order valence-electron chi connectivity index (χ3n) is 0. The first kappa shape index (κ1) is 493. The molecule has 0 aliphatic heterocycles. The summed E-state index contributed by atoms with van der Waals surface area (Å²) in [5, 5.41) is 0. The van der Waals surface area contributed by atoms with E-state index in [-0.39, 0.29) is 321 Å². The minimum Gasteiger partial charge on any atom is -2.00 e. The molecule has 0 heterocycles. The molecule has 23 heavy (non-hydrogen) atoms. The Hall–Kier alpha value is 7.24. The van der Waals surface area contributed by atoms with Crippen LogP contribution in [-0.4, -0.2) is 97.8 Å². The van der Waals surface area contributed by atoms with Crippen molar-refractivity contribution in [3.63, 3.8) is 0 Å². The van der Waals surface area contributed by atoms with E-state index in [1.807, 2.05) is 0 Å². The SMILES string of the molecule is [Ba+2].[Ba+2].[Na+].[Nb+5].[Nb+5].[Nb+5].[Nb+5].[Nb+5].[O-2].[O-2].[O-2].[O-2].[O-2].[O-2].[O-2].[O-2].[O-2].[O-2].[O-2].[O-2].[O-2].[O-2].[O-2]. The van der Waals surface area contributed by atoms with E-state index in [1.165, 1.54) is 0 Å². The molecule has 120 valence electrons. The van der Waals surface area contributed by atoms with E-state index in [1.54, 1.807) is 0 Å². The van der Waals surface area contributed by atoms with Gasteiger partial charge in [0.1, 0.15) is 0 Å². The van der Waals surface area contributed by atoms with Crippen LogP contribution >= 0.6 is 0 Å². The van der Waals surface area contributed by atoms with Crippen molar-refractivity contribution in [3.05, 3.63) is 0 Å². The summed E-state index contributed by atoms with van der Waals surface area (Å²) in [4.78, 5) is 0. The summed E-state index contributed by atoms with van der Waals surface area (Å²) in [5.41, 5.74) is 0. The first-order valence-corrected chi connectivity index (χ1v) is 0. The van der Waals surface area contributed by atoms with Gasteiger partial charge in [0.05, 0.1) is 0 Å². The molecule has 0 unspecified atom stereocenters. The Bertz CT molecular complexity index is 31.8. The van der Waals surface area contributed by atoms with Crippen molar-refractivity contribution in [1.82, 2.24) is 0 Å². The zero-order valence-electron chi connectivity index (χ0n) is 10.8. The smallest absolute Gasteiger partial charge is 2.00 e. The molecule has 0 saturated carbocycles. The zero-order valence-corrected chi connectivity index (χ0v) is 32.6. The second kappa shape index (κ2) is 445. The topological polar surface area (TPSA) is 428 Å². The van der Waals surface area contributed by atoms with Crippen LogP contribution in [0.1, 0.15) is 0 Å². The van der Waals surface area contributed by atoms with Gasteiger partial charge in [-0.15, -0.1) is 0 Å². The Balaban J connectivity index is 0. The molecule has 0 aromatic carbocycles. The van der Waals surface area contributed by atoms with Gasteiger partial charge >= 0.3 is 239 Å². The van der Waals surface area contributed by atoms with Gasteiger partial charge < -0.3 is 82.1 Å². The first-order valence-electron chi connectivity index (χ1n) is 0. The molecule has 0 radical (unpaired) electrons. The van der Waals surface area contributed by atoms with Gasteiger partial charge in [-0.05, 0) is 0 Å². The Morgan fingerprint density at radius 1 is 0.174 bits per heavy atom. The molecule has 0 aromatic heterocycles. The summed E-state index contributed by atoms with van der Waals surface area (Å²) in [7, 11) is 0. The summed E-state index contributed by atoms with van der Waals surface area (Å²) < 4.78 is 0. The molecule has 0 amide bonds. The normalized spacial score (nSPS) is 0. The van der Waals surface area contributed by atoms with Gasteiger partial charge in [0.25, 0.3) is 0 Å². The molecule has 0 atom stereocenters. The van der Waals surface area contributed by atoms with Crippen LogP contribution in [0.4, 0.5) is 0 Å². The molecule has 0 N–H and O–H groups in total. The average Bonchev–Trinajstić information content (AvgIpc) is 0. The van der Waals surface area contributed by atoms with Crippen molar-refractivity contribution in [3.8, 4) is 0 Å². The second-order valence-corrected chi connectivity index (χ2v) is 0. The van der Waals surface area contributed by atoms with Crippen LogP contribution < -0.4 is 29.6 Å². The first-order chi connectivity index (χ1) is 0. The van der Waals surface area contributed by atoms with Crippen molar-refractivity contribution >= 4 is 97.8 Å². The van der Waals surface area contributed by atoms with Crippen molar-refractivity contribution < 1.29 is 224 Å².